The molecule has 0 spiro atoms. The molecule has 0 fully saturated rings. The Labute approximate surface area is 135 Å². The Morgan fingerprint density at radius 2 is 2.00 bits per heavy atom. The van der Waals surface area contributed by atoms with Crippen LogP contribution in [0.15, 0.2) is 24.3 Å². The van der Waals surface area contributed by atoms with Gasteiger partial charge in [-0.15, -0.1) is 0 Å². The second kappa shape index (κ2) is 6.12. The third kappa shape index (κ3) is 3.12. The van der Waals surface area contributed by atoms with Crippen LogP contribution in [-0.4, -0.2) is 46.1 Å². The van der Waals surface area contributed by atoms with Gasteiger partial charge in [-0.2, -0.15) is 5.10 Å². The van der Waals surface area contributed by atoms with Crippen LogP contribution in [0.25, 0.3) is 0 Å². The Balaban J connectivity index is 1.78. The summed E-state index contributed by atoms with van der Waals surface area (Å²) in [5.41, 5.74) is 3.79. The number of hydrogen-bond donors (Lipinski definition) is 0. The predicted octanol–water partition coefficient (Wildman–Crippen LogP) is 1.82. The molecule has 122 valence electrons. The van der Waals surface area contributed by atoms with Crippen LogP contribution < -0.4 is 0 Å². The summed E-state index contributed by atoms with van der Waals surface area (Å²) >= 11 is 0. The van der Waals surface area contributed by atoms with Crippen molar-refractivity contribution >= 4 is 5.91 Å². The molecule has 0 saturated heterocycles. The summed E-state index contributed by atoms with van der Waals surface area (Å²) in [4.78, 5) is 16.1. The van der Waals surface area contributed by atoms with Crippen molar-refractivity contribution in [2.24, 2.45) is 7.05 Å². The van der Waals surface area contributed by atoms with Gasteiger partial charge in [0.2, 0.25) is 0 Å². The van der Waals surface area contributed by atoms with Crippen LogP contribution in [0.4, 0.5) is 4.39 Å². The summed E-state index contributed by atoms with van der Waals surface area (Å²) < 4.78 is 14.8. The number of rotatable bonds is 3. The summed E-state index contributed by atoms with van der Waals surface area (Å²) in [7, 11) is 5.37. The van der Waals surface area contributed by atoms with Crippen molar-refractivity contribution in [1.29, 1.82) is 0 Å². The zero-order valence-corrected chi connectivity index (χ0v) is 13.7. The Morgan fingerprint density at radius 3 is 2.65 bits per heavy atom. The first kappa shape index (κ1) is 15.7. The first-order valence-electron chi connectivity index (χ1n) is 7.69. The molecular formula is C17H21FN4O. The lowest BCUT2D eigenvalue weighted by Crippen LogP contribution is -2.32. The number of aryl methyl sites for hydroxylation is 1. The highest BCUT2D eigenvalue weighted by molar-refractivity contribution is 5.93. The van der Waals surface area contributed by atoms with Gasteiger partial charge in [-0.1, -0.05) is 12.1 Å². The third-order valence-corrected chi connectivity index (χ3v) is 4.25. The van der Waals surface area contributed by atoms with E-state index in [9.17, 15) is 9.18 Å². The van der Waals surface area contributed by atoms with Crippen LogP contribution in [-0.2, 0) is 26.6 Å². The minimum atomic E-state index is -0.215. The summed E-state index contributed by atoms with van der Waals surface area (Å²) in [6.07, 6.45) is 0.805. The van der Waals surface area contributed by atoms with Crippen molar-refractivity contribution in [3.63, 3.8) is 0 Å². The zero-order valence-electron chi connectivity index (χ0n) is 13.7. The average molecular weight is 316 g/mol. The summed E-state index contributed by atoms with van der Waals surface area (Å²) in [5, 5.41) is 4.42. The number of benzene rings is 1. The molecule has 0 saturated carbocycles. The van der Waals surface area contributed by atoms with Crippen molar-refractivity contribution in [1.82, 2.24) is 19.6 Å². The van der Waals surface area contributed by atoms with Crippen molar-refractivity contribution in [3.8, 4) is 0 Å². The SMILES string of the molecule is CN(C)C(=O)c1nn(C)c2c1CCN(Cc1ccc(F)cc1)C2. The number of nitrogens with zero attached hydrogens (tertiary/aromatic N) is 4. The largest absolute Gasteiger partial charge is 0.343 e. The molecule has 0 radical (unpaired) electrons. The zero-order chi connectivity index (χ0) is 16.6. The van der Waals surface area contributed by atoms with Gasteiger partial charge in [0, 0.05) is 46.3 Å². The Kier molecular flexibility index (Phi) is 4.17. The second-order valence-corrected chi connectivity index (χ2v) is 6.18. The van der Waals surface area contributed by atoms with E-state index in [0.717, 1.165) is 42.9 Å². The van der Waals surface area contributed by atoms with E-state index < -0.39 is 0 Å². The summed E-state index contributed by atoms with van der Waals surface area (Å²) in [6, 6.07) is 6.61. The third-order valence-electron chi connectivity index (χ3n) is 4.25. The minimum Gasteiger partial charge on any atom is -0.343 e. The number of amides is 1. The normalized spacial score (nSPS) is 14.6. The highest BCUT2D eigenvalue weighted by atomic mass is 19.1. The van der Waals surface area contributed by atoms with Crippen LogP contribution >= 0.6 is 0 Å². The predicted molar refractivity (Wildman–Crippen MR) is 85.4 cm³/mol. The molecule has 2 aromatic rings. The quantitative estimate of drug-likeness (QED) is 0.867. The van der Waals surface area contributed by atoms with Gasteiger partial charge in [0.25, 0.3) is 5.91 Å². The van der Waals surface area contributed by atoms with Gasteiger partial charge >= 0.3 is 0 Å². The Bertz CT molecular complexity index is 721. The van der Waals surface area contributed by atoms with Gasteiger partial charge in [0.1, 0.15) is 5.82 Å². The number of fused-ring (bicyclic) bond motifs is 1. The van der Waals surface area contributed by atoms with E-state index >= 15 is 0 Å². The minimum absolute atomic E-state index is 0.0474. The van der Waals surface area contributed by atoms with Crippen LogP contribution in [0.2, 0.25) is 0 Å². The Morgan fingerprint density at radius 1 is 1.30 bits per heavy atom. The maximum Gasteiger partial charge on any atom is 0.274 e. The number of hydrogen-bond acceptors (Lipinski definition) is 3. The van der Waals surface area contributed by atoms with E-state index in [2.05, 4.69) is 10.00 Å². The number of carbonyl (C=O) groups is 1. The topological polar surface area (TPSA) is 41.4 Å². The molecule has 6 heteroatoms. The van der Waals surface area contributed by atoms with Crippen LogP contribution in [0.3, 0.4) is 0 Å². The fourth-order valence-electron chi connectivity index (χ4n) is 2.99. The summed E-state index contributed by atoms with van der Waals surface area (Å²) in [5.74, 6) is -0.262. The maximum atomic E-state index is 13.0. The first-order chi connectivity index (χ1) is 11.0. The fraction of sp³-hybridized carbons (Fsp3) is 0.412. The number of halogens is 1. The van der Waals surface area contributed by atoms with E-state index in [1.165, 1.54) is 12.1 Å². The van der Waals surface area contributed by atoms with E-state index in [4.69, 9.17) is 0 Å². The molecule has 0 N–H and O–H groups in total. The molecule has 0 unspecified atom stereocenters. The molecule has 1 aromatic heterocycles. The summed E-state index contributed by atoms with van der Waals surface area (Å²) in [6.45, 7) is 2.38. The van der Waals surface area contributed by atoms with Crippen molar-refractivity contribution < 1.29 is 9.18 Å². The molecule has 0 aliphatic carbocycles. The molecule has 0 bridgehead atoms. The van der Waals surface area contributed by atoms with Crippen LogP contribution in [0, 0.1) is 5.82 Å². The lowest BCUT2D eigenvalue weighted by molar-refractivity contribution is 0.0819. The smallest absolute Gasteiger partial charge is 0.274 e. The van der Waals surface area contributed by atoms with E-state index in [1.807, 2.05) is 23.9 Å². The van der Waals surface area contributed by atoms with Crippen LogP contribution in [0.5, 0.6) is 0 Å². The average Bonchev–Trinajstić information content (AvgIpc) is 2.85. The molecule has 1 amide bonds. The van der Waals surface area contributed by atoms with E-state index in [-0.39, 0.29) is 11.7 Å². The van der Waals surface area contributed by atoms with Gasteiger partial charge in [-0.3, -0.25) is 14.4 Å². The van der Waals surface area contributed by atoms with E-state index in [0.29, 0.717) is 5.69 Å². The lowest BCUT2D eigenvalue weighted by atomic mass is 10.0. The molecular weight excluding hydrogens is 295 g/mol. The van der Waals surface area contributed by atoms with E-state index in [1.54, 1.807) is 19.0 Å². The molecule has 5 nitrogen and oxygen atoms in total. The van der Waals surface area contributed by atoms with Gasteiger partial charge in [-0.25, -0.2) is 4.39 Å². The number of aromatic nitrogens is 2. The second-order valence-electron chi connectivity index (χ2n) is 6.18. The van der Waals surface area contributed by atoms with Crippen LogP contribution in [0.1, 0.15) is 27.3 Å². The van der Waals surface area contributed by atoms with Crippen molar-refractivity contribution in [2.75, 3.05) is 20.6 Å². The van der Waals surface area contributed by atoms with Gasteiger partial charge in [0.15, 0.2) is 5.69 Å². The Hall–Kier alpha value is -2.21. The fourth-order valence-corrected chi connectivity index (χ4v) is 2.99. The maximum absolute atomic E-state index is 13.0. The first-order valence-corrected chi connectivity index (χ1v) is 7.69. The highest BCUT2D eigenvalue weighted by Crippen LogP contribution is 2.24. The molecule has 23 heavy (non-hydrogen) atoms. The highest BCUT2D eigenvalue weighted by Gasteiger charge is 2.27. The number of carbonyl (C=O) groups excluding carboxylic acids is 1. The molecule has 3 rings (SSSR count). The standard InChI is InChI=1S/C17H21FN4O/c1-20(2)17(23)16-14-8-9-22(11-15(14)21(3)19-16)10-12-4-6-13(18)7-5-12/h4-7H,8-11H2,1-3H3. The van der Waals surface area contributed by atoms with Gasteiger partial charge in [0.05, 0.1) is 5.69 Å². The van der Waals surface area contributed by atoms with Gasteiger partial charge < -0.3 is 4.90 Å². The molecule has 0 atom stereocenters. The monoisotopic (exact) mass is 316 g/mol. The molecule has 1 aliphatic heterocycles. The molecule has 2 heterocycles. The van der Waals surface area contributed by atoms with Crippen molar-refractivity contribution in [3.05, 3.63) is 52.6 Å². The molecule has 1 aromatic carbocycles. The van der Waals surface area contributed by atoms with Gasteiger partial charge in [-0.05, 0) is 24.1 Å². The molecule has 1 aliphatic rings. The lowest BCUT2D eigenvalue weighted by Gasteiger charge is -2.27. The van der Waals surface area contributed by atoms with Crippen molar-refractivity contribution in [2.45, 2.75) is 19.5 Å².